The number of alkyl halides is 12. The van der Waals surface area contributed by atoms with E-state index in [0.29, 0.717) is 5.56 Å². The third kappa shape index (κ3) is 10.0. The fraction of sp³-hybridized carbons (Fsp3) is 0.200. The highest BCUT2D eigenvalue weighted by atomic mass is 32.2. The standard InChI is InChI=1S/C40H29BF12N2O6S2/c1-2-34(60-24-25-12-6-3-7-13-25)61-41-54(62(56,57)32-20-28(37(42,43)44)18-29(21-32)38(45,46)47)35(26-14-8-4-9-15-26)36(27-16-10-5-11-17-27)55(41)63(58,59)33-22-30(39(48,49)50)19-31(23-33)40(51,52)53/h2-23,35-36H,24H2,1H3/b34-2+/t35-,36-/m1/s1. The van der Waals surface area contributed by atoms with E-state index in [1.807, 2.05) is 0 Å². The van der Waals surface area contributed by atoms with Crippen molar-refractivity contribution in [3.63, 3.8) is 0 Å². The molecular formula is C40H29BF12N2O6S2. The molecule has 1 aliphatic rings. The molecule has 5 aromatic rings. The van der Waals surface area contributed by atoms with Crippen LogP contribution in [0.1, 0.15) is 58.0 Å². The number of ether oxygens (including phenoxy) is 1. The second-order valence-corrected chi connectivity index (χ2v) is 17.4. The number of allylic oxidation sites excluding steroid dienone is 1. The SMILES string of the molecule is C/C=C(\OCc1ccccc1)OB1N(S(=O)(=O)c2cc(C(F)(F)F)cc(C(F)(F)F)c2)[C@H](c2ccccc2)[C@@H](c2ccccc2)N1S(=O)(=O)c1cc(C(F)(F)F)cc(C(F)(F)F)c1. The van der Waals surface area contributed by atoms with Crippen LogP contribution >= 0.6 is 0 Å². The van der Waals surface area contributed by atoms with Crippen LogP contribution in [0.5, 0.6) is 0 Å². The number of rotatable bonds is 11. The van der Waals surface area contributed by atoms with Gasteiger partial charge in [0, 0.05) is 0 Å². The molecule has 0 aliphatic carbocycles. The van der Waals surface area contributed by atoms with Gasteiger partial charge in [-0.25, -0.2) is 16.8 Å². The minimum Gasteiger partial charge on any atom is -0.505 e. The Balaban J connectivity index is 1.72. The molecule has 0 saturated carbocycles. The molecule has 0 spiro atoms. The predicted molar refractivity (Wildman–Crippen MR) is 201 cm³/mol. The van der Waals surface area contributed by atoms with Gasteiger partial charge in [0.05, 0.1) is 44.1 Å². The fourth-order valence-electron chi connectivity index (χ4n) is 6.68. The van der Waals surface area contributed by atoms with Gasteiger partial charge in [0.1, 0.15) is 6.61 Å². The highest BCUT2D eigenvalue weighted by Crippen LogP contribution is 2.52. The number of halogens is 12. The molecule has 0 radical (unpaired) electrons. The molecule has 63 heavy (non-hydrogen) atoms. The molecule has 23 heteroatoms. The van der Waals surface area contributed by atoms with Gasteiger partial charge in [-0.1, -0.05) is 91.0 Å². The summed E-state index contributed by atoms with van der Waals surface area (Å²) >= 11 is 0. The first-order valence-electron chi connectivity index (χ1n) is 18.0. The minimum absolute atomic E-state index is 0.0842. The van der Waals surface area contributed by atoms with E-state index in [0.717, 1.165) is 6.08 Å². The van der Waals surface area contributed by atoms with Crippen molar-refractivity contribution in [1.29, 1.82) is 0 Å². The van der Waals surface area contributed by atoms with Crippen LogP contribution in [0.4, 0.5) is 52.7 Å². The smallest absolute Gasteiger partial charge is 0.505 e. The van der Waals surface area contributed by atoms with Crippen LogP contribution in [0.15, 0.2) is 149 Å². The first kappa shape index (κ1) is 47.0. The van der Waals surface area contributed by atoms with Crippen molar-refractivity contribution < 1.29 is 78.9 Å². The summed E-state index contributed by atoms with van der Waals surface area (Å²) in [5.41, 5.74) is -8.40. The zero-order valence-electron chi connectivity index (χ0n) is 31.8. The summed E-state index contributed by atoms with van der Waals surface area (Å²) in [4.78, 5) is -3.40. The Bertz CT molecular complexity index is 2460. The van der Waals surface area contributed by atoms with Crippen molar-refractivity contribution >= 4 is 27.2 Å². The lowest BCUT2D eigenvalue weighted by atomic mass is 9.95. The van der Waals surface area contributed by atoms with E-state index in [1.54, 1.807) is 30.3 Å². The van der Waals surface area contributed by atoms with Crippen LogP contribution in [0.2, 0.25) is 0 Å². The lowest BCUT2D eigenvalue weighted by Gasteiger charge is -2.29. The normalized spacial score (nSPS) is 17.5. The van der Waals surface area contributed by atoms with Crippen molar-refractivity contribution in [3.05, 3.63) is 178 Å². The topological polar surface area (TPSA) is 93.2 Å². The van der Waals surface area contributed by atoms with Crippen LogP contribution in [0, 0.1) is 0 Å². The predicted octanol–water partition coefficient (Wildman–Crippen LogP) is 11.0. The van der Waals surface area contributed by atoms with Crippen molar-refractivity contribution in [3.8, 4) is 0 Å². The maximum Gasteiger partial charge on any atom is 0.580 e. The molecule has 0 aromatic heterocycles. The highest BCUT2D eigenvalue weighted by molar-refractivity contribution is 7.92. The summed E-state index contributed by atoms with van der Waals surface area (Å²) in [5.74, 6) is -0.746. The van der Waals surface area contributed by atoms with Gasteiger partial charge in [-0.3, -0.25) is 0 Å². The van der Waals surface area contributed by atoms with E-state index in [2.05, 4.69) is 0 Å². The second-order valence-electron chi connectivity index (χ2n) is 13.7. The van der Waals surface area contributed by atoms with Crippen molar-refractivity contribution in [2.24, 2.45) is 0 Å². The van der Waals surface area contributed by atoms with E-state index in [9.17, 15) is 52.7 Å². The lowest BCUT2D eigenvalue weighted by molar-refractivity contribution is -0.145. The molecule has 0 unspecified atom stereocenters. The Morgan fingerprint density at radius 1 is 0.540 bits per heavy atom. The van der Waals surface area contributed by atoms with Crippen LogP contribution in [0.25, 0.3) is 0 Å². The Morgan fingerprint density at radius 2 is 0.857 bits per heavy atom. The Hall–Kier alpha value is -5.52. The van der Waals surface area contributed by atoms with E-state index in [4.69, 9.17) is 9.39 Å². The molecule has 0 bridgehead atoms. The van der Waals surface area contributed by atoms with E-state index < -0.39 is 109 Å². The van der Waals surface area contributed by atoms with Gasteiger partial charge in [-0.15, -0.1) is 0 Å². The quantitative estimate of drug-likeness (QED) is 0.0744. The van der Waals surface area contributed by atoms with E-state index in [1.165, 1.54) is 67.6 Å². The summed E-state index contributed by atoms with van der Waals surface area (Å²) in [7, 11) is -14.9. The number of sulfonamides is 2. The zero-order chi connectivity index (χ0) is 46.3. The number of hydrogen-bond donors (Lipinski definition) is 0. The number of nitrogens with zero attached hydrogens (tertiary/aromatic N) is 2. The van der Waals surface area contributed by atoms with Crippen LogP contribution < -0.4 is 0 Å². The maximum absolute atomic E-state index is 15.1. The monoisotopic (exact) mass is 936 g/mol. The van der Waals surface area contributed by atoms with Crippen molar-refractivity contribution in [2.45, 2.75) is 60.1 Å². The summed E-state index contributed by atoms with van der Waals surface area (Å²) in [5, 5.41) is 0. The van der Waals surface area contributed by atoms with Gasteiger partial charge in [-0.05, 0) is 66.1 Å². The molecule has 8 nitrogen and oxygen atoms in total. The van der Waals surface area contributed by atoms with Gasteiger partial charge >= 0.3 is 31.9 Å². The molecule has 2 atom stereocenters. The first-order chi connectivity index (χ1) is 29.2. The molecule has 5 aromatic carbocycles. The summed E-state index contributed by atoms with van der Waals surface area (Å²) in [6.45, 7) is 0.823. The average Bonchev–Trinajstić information content (AvgIpc) is 3.58. The Morgan fingerprint density at radius 3 is 1.16 bits per heavy atom. The minimum atomic E-state index is -5.99. The lowest BCUT2D eigenvalue weighted by Crippen LogP contribution is -2.51. The van der Waals surface area contributed by atoms with E-state index >= 15 is 16.8 Å². The van der Waals surface area contributed by atoms with Gasteiger partial charge < -0.3 is 9.39 Å². The van der Waals surface area contributed by atoms with Crippen molar-refractivity contribution in [1.82, 2.24) is 8.43 Å². The second kappa shape index (κ2) is 17.2. The summed E-state index contributed by atoms with van der Waals surface area (Å²) < 4.78 is 243. The Labute approximate surface area is 352 Å². The molecule has 0 N–H and O–H groups in total. The van der Waals surface area contributed by atoms with Gasteiger partial charge in [0.25, 0.3) is 5.95 Å². The largest absolute Gasteiger partial charge is 0.580 e. The van der Waals surface area contributed by atoms with Gasteiger partial charge in [0.15, 0.2) is 0 Å². The van der Waals surface area contributed by atoms with Crippen LogP contribution in [-0.2, 0) is 60.7 Å². The third-order valence-corrected chi connectivity index (χ3v) is 13.1. The molecular weight excluding hydrogens is 907 g/mol. The van der Waals surface area contributed by atoms with Crippen LogP contribution in [-0.4, -0.2) is 32.5 Å². The summed E-state index contributed by atoms with van der Waals surface area (Å²) in [6, 6.07) is 15.1. The van der Waals surface area contributed by atoms with Crippen LogP contribution in [0.3, 0.4) is 0 Å². The summed E-state index contributed by atoms with van der Waals surface area (Å²) in [6.07, 6.45) is -21.4. The molecule has 1 heterocycles. The first-order valence-corrected chi connectivity index (χ1v) is 20.9. The highest BCUT2D eigenvalue weighted by Gasteiger charge is 2.64. The Kier molecular flexibility index (Phi) is 12.8. The number of benzene rings is 5. The van der Waals surface area contributed by atoms with Gasteiger partial charge in [-0.2, -0.15) is 61.1 Å². The molecule has 1 aliphatic heterocycles. The molecule has 6 rings (SSSR count). The zero-order valence-corrected chi connectivity index (χ0v) is 33.5. The molecule has 334 valence electrons. The fourth-order valence-corrected chi connectivity index (χ4v) is 10.2. The average molecular weight is 937 g/mol. The third-order valence-electron chi connectivity index (χ3n) is 9.52. The van der Waals surface area contributed by atoms with Crippen molar-refractivity contribution in [2.75, 3.05) is 0 Å². The maximum atomic E-state index is 15.1. The molecule has 1 fully saturated rings. The van der Waals surface area contributed by atoms with E-state index in [-0.39, 0.29) is 56.0 Å². The van der Waals surface area contributed by atoms with Gasteiger partial charge in [0.2, 0.25) is 20.0 Å². The number of hydrogen-bond acceptors (Lipinski definition) is 6. The molecule has 1 saturated heterocycles. The molecule has 0 amide bonds.